The number of carboxylic acid groups (broad SMARTS) is 2. The smallest absolute Gasteiger partial charge is 0.326 e. The van der Waals surface area contributed by atoms with Gasteiger partial charge >= 0.3 is 11.9 Å². The highest BCUT2D eigenvalue weighted by atomic mass is 16.4. The van der Waals surface area contributed by atoms with Crippen LogP contribution in [0.15, 0.2) is 30.5 Å². The summed E-state index contributed by atoms with van der Waals surface area (Å²) in [6.45, 7) is 7.13. The van der Waals surface area contributed by atoms with Crippen LogP contribution in [-0.4, -0.2) is 69.0 Å². The third kappa shape index (κ3) is 9.10. The first-order valence-electron chi connectivity index (χ1n) is 13.0. The Hall–Kier alpha value is -3.93. The van der Waals surface area contributed by atoms with Crippen molar-refractivity contribution in [3.05, 3.63) is 36.0 Å². The molecular weight excluding hydrogens is 506 g/mol. The summed E-state index contributed by atoms with van der Waals surface area (Å²) in [5.41, 5.74) is 7.75. The van der Waals surface area contributed by atoms with Crippen LogP contribution in [-0.2, 0) is 30.4 Å². The minimum absolute atomic E-state index is 0.00772. The molecule has 0 saturated carbocycles. The summed E-state index contributed by atoms with van der Waals surface area (Å²) in [7, 11) is 0. The molecule has 1 aromatic heterocycles. The SMILES string of the molecule is CCC(C)C(NC(=O)C(CC(=O)O)NC(=O)C(N)Cc1c[nH]c2ccccc12)C(=O)NC(CC(C)C)C(=O)O. The quantitative estimate of drug-likeness (QED) is 0.172. The van der Waals surface area contributed by atoms with E-state index in [0.717, 1.165) is 16.5 Å². The van der Waals surface area contributed by atoms with Gasteiger partial charge in [0.25, 0.3) is 0 Å². The number of nitrogens with two attached hydrogens (primary N) is 1. The standard InChI is InChI=1S/C27H39N5O7/c1-5-15(4)23(26(37)31-21(27(38)39)10-14(2)3)32-25(36)20(12-22(33)34)30-24(35)18(28)11-16-13-29-19-9-7-6-8-17(16)19/h6-9,13-15,18,20-21,23,29H,5,10-12,28H2,1-4H3,(H,30,35)(H,31,37)(H,32,36)(H,33,34)(H,38,39). The van der Waals surface area contributed by atoms with Gasteiger partial charge in [0.2, 0.25) is 17.7 Å². The fourth-order valence-electron chi connectivity index (χ4n) is 4.20. The van der Waals surface area contributed by atoms with E-state index in [1.54, 1.807) is 20.0 Å². The highest BCUT2D eigenvalue weighted by molar-refractivity contribution is 5.96. The summed E-state index contributed by atoms with van der Waals surface area (Å²) >= 11 is 0. The van der Waals surface area contributed by atoms with Crippen LogP contribution in [0.4, 0.5) is 0 Å². The molecule has 8 N–H and O–H groups in total. The molecule has 2 aromatic rings. The Morgan fingerprint density at radius 3 is 2.15 bits per heavy atom. The number of amides is 3. The molecule has 2 rings (SSSR count). The van der Waals surface area contributed by atoms with Crippen LogP contribution in [0.1, 0.15) is 52.5 Å². The monoisotopic (exact) mass is 545 g/mol. The molecule has 0 fully saturated rings. The Kier molecular flexibility index (Phi) is 11.5. The summed E-state index contributed by atoms with van der Waals surface area (Å²) in [5.74, 6) is -5.28. The van der Waals surface area contributed by atoms with Crippen LogP contribution >= 0.6 is 0 Å². The zero-order chi connectivity index (χ0) is 29.3. The van der Waals surface area contributed by atoms with Gasteiger partial charge in [0, 0.05) is 17.1 Å². The largest absolute Gasteiger partial charge is 0.481 e. The van der Waals surface area contributed by atoms with Gasteiger partial charge in [0.05, 0.1) is 12.5 Å². The lowest BCUT2D eigenvalue weighted by Crippen LogP contribution is -2.59. The molecule has 5 unspecified atom stereocenters. The summed E-state index contributed by atoms with van der Waals surface area (Å²) in [4.78, 5) is 65.2. The lowest BCUT2D eigenvalue weighted by molar-refractivity contribution is -0.144. The number of carbonyl (C=O) groups excluding carboxylic acids is 3. The molecule has 1 aromatic carbocycles. The van der Waals surface area contributed by atoms with Crippen LogP contribution in [0.5, 0.6) is 0 Å². The molecule has 0 radical (unpaired) electrons. The van der Waals surface area contributed by atoms with Crippen LogP contribution in [0.2, 0.25) is 0 Å². The highest BCUT2D eigenvalue weighted by Gasteiger charge is 2.33. The Balaban J connectivity index is 2.15. The zero-order valence-corrected chi connectivity index (χ0v) is 22.7. The maximum absolute atomic E-state index is 13.1. The fraction of sp³-hybridized carbons (Fsp3) is 0.519. The van der Waals surface area contributed by atoms with E-state index in [2.05, 4.69) is 20.9 Å². The zero-order valence-electron chi connectivity index (χ0n) is 22.7. The van der Waals surface area contributed by atoms with Crippen LogP contribution in [0, 0.1) is 11.8 Å². The number of fused-ring (bicyclic) bond motifs is 1. The number of para-hydroxylation sites is 1. The van der Waals surface area contributed by atoms with Gasteiger partial charge in [0.1, 0.15) is 18.1 Å². The maximum Gasteiger partial charge on any atom is 0.326 e. The lowest BCUT2D eigenvalue weighted by Gasteiger charge is -2.28. The van der Waals surface area contributed by atoms with Crippen molar-refractivity contribution in [3.8, 4) is 0 Å². The number of carboxylic acids is 2. The van der Waals surface area contributed by atoms with Gasteiger partial charge in [-0.25, -0.2) is 4.79 Å². The van der Waals surface area contributed by atoms with Gasteiger partial charge in [0.15, 0.2) is 0 Å². The van der Waals surface area contributed by atoms with E-state index >= 15 is 0 Å². The summed E-state index contributed by atoms with van der Waals surface area (Å²) in [6, 6.07) is 2.59. The van der Waals surface area contributed by atoms with E-state index in [9.17, 15) is 34.2 Å². The van der Waals surface area contributed by atoms with Crippen LogP contribution in [0.3, 0.4) is 0 Å². The first-order valence-corrected chi connectivity index (χ1v) is 13.0. The number of nitrogens with one attached hydrogen (secondary N) is 4. The summed E-state index contributed by atoms with van der Waals surface area (Å²) < 4.78 is 0. The van der Waals surface area contributed by atoms with E-state index in [0.29, 0.717) is 6.42 Å². The number of H-pyrrole nitrogens is 1. The van der Waals surface area contributed by atoms with Crippen LogP contribution < -0.4 is 21.7 Å². The fourth-order valence-corrected chi connectivity index (χ4v) is 4.20. The molecule has 0 aliphatic rings. The van der Waals surface area contributed by atoms with E-state index in [1.165, 1.54) is 0 Å². The number of hydrogen-bond acceptors (Lipinski definition) is 6. The molecular formula is C27H39N5O7. The van der Waals surface area contributed by atoms with Gasteiger partial charge in [-0.15, -0.1) is 0 Å². The molecule has 214 valence electrons. The minimum atomic E-state index is -1.51. The van der Waals surface area contributed by atoms with E-state index < -0.39 is 66.2 Å². The van der Waals surface area contributed by atoms with Gasteiger partial charge in [-0.05, 0) is 36.3 Å². The van der Waals surface area contributed by atoms with Gasteiger partial charge < -0.3 is 36.9 Å². The normalized spacial score (nSPS) is 15.1. The maximum atomic E-state index is 13.1. The first-order chi connectivity index (χ1) is 18.3. The Labute approximate surface area is 227 Å². The molecule has 5 atom stereocenters. The summed E-state index contributed by atoms with van der Waals surface area (Å²) in [6.07, 6.45) is 1.79. The molecule has 0 spiro atoms. The van der Waals surface area contributed by atoms with Gasteiger partial charge in [-0.2, -0.15) is 0 Å². The second kappa shape index (κ2) is 14.3. The number of aliphatic carboxylic acids is 2. The predicted octanol–water partition coefficient (Wildman–Crippen LogP) is 1.14. The lowest BCUT2D eigenvalue weighted by atomic mass is 9.96. The third-order valence-corrected chi connectivity index (χ3v) is 6.58. The number of aromatic amines is 1. The summed E-state index contributed by atoms with van der Waals surface area (Å²) in [5, 5.41) is 27.1. The molecule has 12 heteroatoms. The van der Waals surface area contributed by atoms with E-state index in [4.69, 9.17) is 5.73 Å². The molecule has 1 heterocycles. The number of aromatic nitrogens is 1. The topological polar surface area (TPSA) is 204 Å². The molecule has 3 amide bonds. The molecule has 39 heavy (non-hydrogen) atoms. The van der Waals surface area contributed by atoms with E-state index in [-0.39, 0.29) is 18.8 Å². The second-order valence-corrected chi connectivity index (χ2v) is 10.2. The average molecular weight is 546 g/mol. The first kappa shape index (κ1) is 31.3. The Bertz CT molecular complexity index is 1180. The van der Waals surface area contributed by atoms with Crippen molar-refractivity contribution in [1.29, 1.82) is 0 Å². The van der Waals surface area contributed by atoms with Crippen molar-refractivity contribution in [2.24, 2.45) is 17.6 Å². The second-order valence-electron chi connectivity index (χ2n) is 10.2. The van der Waals surface area contributed by atoms with E-state index in [1.807, 2.05) is 38.1 Å². The predicted molar refractivity (Wildman–Crippen MR) is 145 cm³/mol. The van der Waals surface area contributed by atoms with Crippen molar-refractivity contribution in [2.45, 2.75) is 77.5 Å². The van der Waals surface area contributed by atoms with Crippen molar-refractivity contribution in [1.82, 2.24) is 20.9 Å². The molecule has 12 nitrogen and oxygen atoms in total. The van der Waals surface area contributed by atoms with Crippen molar-refractivity contribution in [2.75, 3.05) is 0 Å². The highest BCUT2D eigenvalue weighted by Crippen LogP contribution is 2.19. The van der Waals surface area contributed by atoms with Crippen molar-refractivity contribution in [3.63, 3.8) is 0 Å². The molecule has 0 bridgehead atoms. The Morgan fingerprint density at radius 1 is 0.923 bits per heavy atom. The molecule has 0 aliphatic carbocycles. The number of carbonyl (C=O) groups is 5. The number of benzene rings is 1. The van der Waals surface area contributed by atoms with Gasteiger partial charge in [-0.3, -0.25) is 19.2 Å². The Morgan fingerprint density at radius 2 is 1.56 bits per heavy atom. The van der Waals surface area contributed by atoms with Crippen LogP contribution in [0.25, 0.3) is 10.9 Å². The average Bonchev–Trinajstić information content (AvgIpc) is 3.27. The number of rotatable bonds is 15. The third-order valence-electron chi connectivity index (χ3n) is 6.58. The molecule has 0 aliphatic heterocycles. The minimum Gasteiger partial charge on any atom is -0.481 e. The van der Waals surface area contributed by atoms with Crippen molar-refractivity contribution < 1.29 is 34.2 Å². The number of hydrogen-bond donors (Lipinski definition) is 7. The van der Waals surface area contributed by atoms with Crippen molar-refractivity contribution >= 4 is 40.6 Å². The molecule has 0 saturated heterocycles. The van der Waals surface area contributed by atoms with Gasteiger partial charge in [-0.1, -0.05) is 52.3 Å².